The zero-order chi connectivity index (χ0) is 18.4. The molecule has 1 atom stereocenters. The number of dihydropyridines is 1. The van der Waals surface area contributed by atoms with Gasteiger partial charge in [-0.25, -0.2) is 4.79 Å². The molecular formula is C19H22BrNO3S. The molecule has 0 amide bonds. The summed E-state index contributed by atoms with van der Waals surface area (Å²) in [7, 11) is 0. The van der Waals surface area contributed by atoms with Crippen molar-refractivity contribution in [1.82, 2.24) is 5.32 Å². The summed E-state index contributed by atoms with van der Waals surface area (Å²) in [5.41, 5.74) is 2.91. The Morgan fingerprint density at radius 1 is 1.40 bits per heavy atom. The number of hydrogen-bond donors (Lipinski definition) is 1. The largest absolute Gasteiger partial charge is 0.463 e. The van der Waals surface area contributed by atoms with Crippen LogP contribution in [0.3, 0.4) is 0 Å². The lowest BCUT2D eigenvalue weighted by atomic mass is 9.70. The summed E-state index contributed by atoms with van der Waals surface area (Å²) < 4.78 is 6.27. The minimum absolute atomic E-state index is 0.0782. The SMILES string of the molecule is CCOC(=O)C1=C(C)NC2=C(C(=O)CC(C)(C)C2)[C@@H]1c1ccc(Br)s1. The molecule has 1 aliphatic heterocycles. The highest BCUT2D eigenvalue weighted by Crippen LogP contribution is 2.48. The molecule has 0 aromatic carbocycles. The molecule has 0 fully saturated rings. The summed E-state index contributed by atoms with van der Waals surface area (Å²) in [5.74, 6) is -0.594. The Morgan fingerprint density at radius 3 is 2.72 bits per heavy atom. The number of nitrogens with one attached hydrogen (secondary N) is 1. The average Bonchev–Trinajstić information content (AvgIpc) is 2.90. The first-order valence-corrected chi connectivity index (χ1v) is 10.0. The van der Waals surface area contributed by atoms with E-state index in [9.17, 15) is 9.59 Å². The van der Waals surface area contributed by atoms with Gasteiger partial charge < -0.3 is 10.1 Å². The summed E-state index contributed by atoms with van der Waals surface area (Å²) in [6, 6.07) is 3.94. The van der Waals surface area contributed by atoms with Gasteiger partial charge in [-0.05, 0) is 53.7 Å². The van der Waals surface area contributed by atoms with Gasteiger partial charge in [0, 0.05) is 28.3 Å². The van der Waals surface area contributed by atoms with Crippen molar-refractivity contribution in [1.29, 1.82) is 0 Å². The highest BCUT2D eigenvalue weighted by Gasteiger charge is 2.43. The van der Waals surface area contributed by atoms with E-state index in [1.54, 1.807) is 18.3 Å². The van der Waals surface area contributed by atoms with E-state index in [0.29, 0.717) is 18.6 Å². The molecular weight excluding hydrogens is 402 g/mol. The van der Waals surface area contributed by atoms with Crippen LogP contribution in [0.4, 0.5) is 0 Å². The van der Waals surface area contributed by atoms with Gasteiger partial charge in [-0.3, -0.25) is 4.79 Å². The van der Waals surface area contributed by atoms with Crippen LogP contribution >= 0.6 is 27.3 Å². The molecule has 1 aliphatic carbocycles. The standard InChI is InChI=1S/C19H22BrNO3S/c1-5-24-18(23)15-10(2)21-11-8-19(3,4)9-12(22)16(11)17(15)13-6-7-14(20)25-13/h6-7,17,21H,5,8-9H2,1-4H3/t17-/m1/s1. The highest BCUT2D eigenvalue weighted by molar-refractivity contribution is 9.11. The first-order valence-electron chi connectivity index (χ1n) is 8.40. The molecule has 0 bridgehead atoms. The normalized spacial score (nSPS) is 22.6. The summed E-state index contributed by atoms with van der Waals surface area (Å²) in [5, 5.41) is 3.33. The summed E-state index contributed by atoms with van der Waals surface area (Å²) in [6.45, 7) is 8.20. The predicted molar refractivity (Wildman–Crippen MR) is 102 cm³/mol. The second-order valence-electron chi connectivity index (χ2n) is 7.29. The van der Waals surface area contributed by atoms with E-state index in [0.717, 1.165) is 32.1 Å². The molecule has 0 saturated heterocycles. The molecule has 134 valence electrons. The first kappa shape index (κ1) is 18.4. The van der Waals surface area contributed by atoms with Gasteiger partial charge in [0.1, 0.15) is 0 Å². The molecule has 1 aromatic rings. The Balaban J connectivity index is 2.15. The van der Waals surface area contributed by atoms with Gasteiger partial charge in [0.15, 0.2) is 5.78 Å². The topological polar surface area (TPSA) is 55.4 Å². The van der Waals surface area contributed by atoms with Crippen molar-refractivity contribution < 1.29 is 14.3 Å². The van der Waals surface area contributed by atoms with Crippen LogP contribution in [0.1, 0.15) is 51.3 Å². The number of Topliss-reactive ketones (excluding diaryl/α,β-unsaturated/α-hetero) is 1. The molecule has 2 heterocycles. The maximum Gasteiger partial charge on any atom is 0.336 e. The fourth-order valence-electron chi connectivity index (χ4n) is 3.68. The van der Waals surface area contributed by atoms with Crippen LogP contribution in [0.15, 0.2) is 38.5 Å². The second-order valence-corrected chi connectivity index (χ2v) is 9.79. The smallest absolute Gasteiger partial charge is 0.336 e. The lowest BCUT2D eigenvalue weighted by Crippen LogP contribution is -2.38. The Bertz CT molecular complexity index is 803. The molecule has 0 unspecified atom stereocenters. The van der Waals surface area contributed by atoms with E-state index in [2.05, 4.69) is 35.1 Å². The van der Waals surface area contributed by atoms with Gasteiger partial charge in [-0.15, -0.1) is 11.3 Å². The van der Waals surface area contributed by atoms with Crippen LogP contribution in [-0.2, 0) is 14.3 Å². The molecule has 4 nitrogen and oxygen atoms in total. The molecule has 6 heteroatoms. The van der Waals surface area contributed by atoms with Crippen LogP contribution in [0.25, 0.3) is 0 Å². The van der Waals surface area contributed by atoms with Crippen molar-refractivity contribution in [3.05, 3.63) is 43.3 Å². The molecule has 2 aliphatic rings. The average molecular weight is 424 g/mol. The monoisotopic (exact) mass is 423 g/mol. The van der Waals surface area contributed by atoms with Crippen molar-refractivity contribution in [2.45, 2.75) is 46.5 Å². The number of hydrogen-bond acceptors (Lipinski definition) is 5. The third-order valence-electron chi connectivity index (χ3n) is 4.61. The maximum atomic E-state index is 13.0. The van der Waals surface area contributed by atoms with Crippen LogP contribution in [-0.4, -0.2) is 18.4 Å². The van der Waals surface area contributed by atoms with Gasteiger partial charge in [0.05, 0.1) is 21.9 Å². The van der Waals surface area contributed by atoms with E-state index in [-0.39, 0.29) is 23.1 Å². The Labute approximate surface area is 160 Å². The second kappa shape index (κ2) is 6.72. The van der Waals surface area contributed by atoms with Crippen LogP contribution in [0.2, 0.25) is 0 Å². The Morgan fingerprint density at radius 2 is 2.12 bits per heavy atom. The summed E-state index contributed by atoms with van der Waals surface area (Å²) in [6.07, 6.45) is 1.29. The number of thiophene rings is 1. The van der Waals surface area contributed by atoms with E-state index in [4.69, 9.17) is 4.74 Å². The molecule has 0 saturated carbocycles. The predicted octanol–water partition coefficient (Wildman–Crippen LogP) is 4.68. The van der Waals surface area contributed by atoms with E-state index >= 15 is 0 Å². The number of ketones is 1. The van der Waals surface area contributed by atoms with Gasteiger partial charge in [0.2, 0.25) is 0 Å². The minimum Gasteiger partial charge on any atom is -0.463 e. The molecule has 1 N–H and O–H groups in total. The molecule has 0 radical (unpaired) electrons. The highest BCUT2D eigenvalue weighted by atomic mass is 79.9. The first-order chi connectivity index (χ1) is 11.7. The number of halogens is 1. The fourth-order valence-corrected chi connectivity index (χ4v) is 5.23. The Kier molecular flexibility index (Phi) is 4.95. The third-order valence-corrected chi connectivity index (χ3v) is 6.30. The number of rotatable bonds is 3. The molecule has 25 heavy (non-hydrogen) atoms. The van der Waals surface area contributed by atoms with E-state index < -0.39 is 0 Å². The Hall–Kier alpha value is -1.40. The van der Waals surface area contributed by atoms with Crippen LogP contribution < -0.4 is 5.32 Å². The van der Waals surface area contributed by atoms with E-state index in [1.165, 1.54) is 0 Å². The number of ether oxygens (including phenoxy) is 1. The lowest BCUT2D eigenvalue weighted by Gasteiger charge is -2.39. The van der Waals surface area contributed by atoms with Crippen molar-refractivity contribution in [3.63, 3.8) is 0 Å². The lowest BCUT2D eigenvalue weighted by molar-refractivity contribution is -0.138. The van der Waals surface area contributed by atoms with Crippen molar-refractivity contribution in [3.8, 4) is 0 Å². The fraction of sp³-hybridized carbons (Fsp3) is 0.474. The molecule has 1 aromatic heterocycles. The number of esters is 1. The van der Waals surface area contributed by atoms with Gasteiger partial charge in [0.25, 0.3) is 0 Å². The van der Waals surface area contributed by atoms with Crippen molar-refractivity contribution in [2.24, 2.45) is 5.41 Å². The van der Waals surface area contributed by atoms with Crippen molar-refractivity contribution in [2.75, 3.05) is 6.61 Å². The van der Waals surface area contributed by atoms with Crippen LogP contribution in [0.5, 0.6) is 0 Å². The third kappa shape index (κ3) is 3.47. The van der Waals surface area contributed by atoms with Gasteiger partial charge >= 0.3 is 5.97 Å². The maximum absolute atomic E-state index is 13.0. The molecule has 0 spiro atoms. The number of allylic oxidation sites excluding steroid dienone is 3. The summed E-state index contributed by atoms with van der Waals surface area (Å²) in [4.78, 5) is 26.6. The molecule has 3 rings (SSSR count). The quantitative estimate of drug-likeness (QED) is 0.717. The van der Waals surface area contributed by atoms with Crippen molar-refractivity contribution >= 4 is 39.0 Å². The zero-order valence-corrected chi connectivity index (χ0v) is 17.3. The van der Waals surface area contributed by atoms with E-state index in [1.807, 2.05) is 19.1 Å². The van der Waals surface area contributed by atoms with Gasteiger partial charge in [-0.1, -0.05) is 13.8 Å². The zero-order valence-electron chi connectivity index (χ0n) is 14.9. The van der Waals surface area contributed by atoms with Gasteiger partial charge in [-0.2, -0.15) is 0 Å². The number of carbonyl (C=O) groups is 2. The van der Waals surface area contributed by atoms with Crippen LogP contribution in [0, 0.1) is 5.41 Å². The number of carbonyl (C=O) groups excluding carboxylic acids is 2. The summed E-state index contributed by atoms with van der Waals surface area (Å²) >= 11 is 5.05. The minimum atomic E-state index is -0.355.